The van der Waals surface area contributed by atoms with Gasteiger partial charge in [-0.15, -0.1) is 0 Å². The first kappa shape index (κ1) is 28.3. The van der Waals surface area contributed by atoms with E-state index in [2.05, 4.69) is 14.1 Å². The van der Waals surface area contributed by atoms with Crippen LogP contribution in [0.1, 0.15) is 45.7 Å². The molecular weight excluding hydrogens is 563 g/mol. The molecule has 0 aliphatic rings. The molecule has 4 rings (SSSR count). The number of aromatic nitrogens is 2. The fourth-order valence-electron chi connectivity index (χ4n) is 3.79. The predicted molar refractivity (Wildman–Crippen MR) is 134 cm³/mol. The summed E-state index contributed by atoms with van der Waals surface area (Å²) in [5, 5.41) is 2.42. The molecule has 4 aromatic rings. The highest BCUT2D eigenvalue weighted by atomic mass is 32.2. The van der Waals surface area contributed by atoms with Crippen molar-refractivity contribution in [2.45, 2.75) is 25.6 Å². The number of hydrogen-bond acceptors (Lipinski definition) is 6. The third kappa shape index (κ3) is 6.46. The molecule has 7 nitrogen and oxygen atoms in total. The molecule has 204 valence electrons. The lowest BCUT2D eigenvalue weighted by Gasteiger charge is -2.28. The van der Waals surface area contributed by atoms with Gasteiger partial charge in [-0.1, -0.05) is 36.4 Å². The molecule has 1 amide bonds. The molecule has 0 saturated carbocycles. The van der Waals surface area contributed by atoms with Crippen LogP contribution < -0.4 is 9.62 Å². The Morgan fingerprint density at radius 1 is 1.08 bits per heavy atom. The number of anilines is 2. The van der Waals surface area contributed by atoms with E-state index >= 15 is 0 Å². The van der Waals surface area contributed by atoms with Crippen LogP contribution in [-0.2, 0) is 23.9 Å². The molecule has 0 saturated heterocycles. The van der Waals surface area contributed by atoms with Crippen LogP contribution >= 0.6 is 11.7 Å². The second-order valence-corrected chi connectivity index (χ2v) is 9.63. The van der Waals surface area contributed by atoms with Gasteiger partial charge in [0.1, 0.15) is 17.3 Å². The van der Waals surface area contributed by atoms with E-state index < -0.39 is 57.8 Å². The lowest BCUT2D eigenvalue weighted by Crippen LogP contribution is -2.30. The number of benzene rings is 3. The van der Waals surface area contributed by atoms with Gasteiger partial charge in [-0.25, -0.2) is 8.78 Å². The second-order valence-electron chi connectivity index (χ2n) is 8.30. The molecule has 0 aliphatic carbocycles. The van der Waals surface area contributed by atoms with Crippen molar-refractivity contribution in [2.24, 2.45) is 0 Å². The largest absolute Gasteiger partial charge is 0.755 e. The molecule has 0 aliphatic heterocycles. The van der Waals surface area contributed by atoms with E-state index in [4.69, 9.17) is 0 Å². The Morgan fingerprint density at radius 2 is 1.79 bits per heavy atom. The number of nitrogens with zero attached hydrogens (tertiary/aromatic N) is 3. The number of rotatable bonds is 8. The first-order valence-electron chi connectivity index (χ1n) is 11.2. The molecule has 0 spiro atoms. The number of alkyl halides is 3. The summed E-state index contributed by atoms with van der Waals surface area (Å²) in [6.07, 6.45) is -4.75. The van der Waals surface area contributed by atoms with Crippen molar-refractivity contribution < 1.29 is 35.5 Å². The first-order valence-corrected chi connectivity index (χ1v) is 12.9. The van der Waals surface area contributed by atoms with Gasteiger partial charge < -0.3 is 9.87 Å². The monoisotopic (exact) mass is 581 g/mol. The van der Waals surface area contributed by atoms with Gasteiger partial charge in [0.05, 0.1) is 45.9 Å². The van der Waals surface area contributed by atoms with E-state index in [9.17, 15) is 35.5 Å². The van der Waals surface area contributed by atoms with E-state index in [0.717, 1.165) is 23.8 Å². The predicted octanol–water partition coefficient (Wildman–Crippen LogP) is 5.85. The molecule has 14 heteroatoms. The Kier molecular flexibility index (Phi) is 8.37. The third-order valence-corrected chi connectivity index (χ3v) is 6.88. The van der Waals surface area contributed by atoms with Gasteiger partial charge in [0, 0.05) is 18.1 Å². The van der Waals surface area contributed by atoms with Gasteiger partial charge in [0.25, 0.3) is 5.91 Å². The van der Waals surface area contributed by atoms with Crippen LogP contribution in [-0.4, -0.2) is 23.4 Å². The molecule has 39 heavy (non-hydrogen) atoms. The zero-order valence-corrected chi connectivity index (χ0v) is 21.5. The molecule has 0 bridgehead atoms. The van der Waals surface area contributed by atoms with E-state index in [-0.39, 0.29) is 23.5 Å². The maximum atomic E-state index is 14.2. The Hall–Kier alpha value is -3.75. The number of carbonyl (C=O) groups is 1. The minimum Gasteiger partial charge on any atom is -0.755 e. The topological polar surface area (TPSA) is 98.2 Å². The van der Waals surface area contributed by atoms with Crippen LogP contribution in [0.15, 0.2) is 66.7 Å². The smallest absolute Gasteiger partial charge is 0.416 e. The summed E-state index contributed by atoms with van der Waals surface area (Å²) >= 11 is -2.58. The molecule has 1 N–H and O–H groups in total. The fraction of sp³-hybridized carbons (Fsp3) is 0.160. The molecular formula is C25H18F5N4O3S2-. The van der Waals surface area contributed by atoms with Gasteiger partial charge in [-0.2, -0.15) is 21.9 Å². The standard InChI is InChI=1S/C25H19F5N4O3S2/c1-14(18-10-8-17(26)13-20(18)27)31-24(35)19-9-7-16(25(28,29)30)12-22(19)34(39(36)37)23-21(32-38-33-23)11-15-5-3-2-4-6-15/h2-10,12-14H,11H2,1H3,(H,31,35)(H,36,37)/p-1. The van der Waals surface area contributed by atoms with Gasteiger partial charge in [0.15, 0.2) is 5.82 Å². The highest BCUT2D eigenvalue weighted by Crippen LogP contribution is 2.38. The SMILES string of the molecule is CC(NC(=O)c1ccc(C(F)(F)F)cc1N(c1nsnc1Cc1ccccc1)S(=O)[O-])c1ccc(F)cc1F. The molecule has 3 aromatic carbocycles. The number of amides is 1. The van der Waals surface area contributed by atoms with E-state index in [1.165, 1.54) is 6.92 Å². The van der Waals surface area contributed by atoms with Crippen molar-refractivity contribution in [1.29, 1.82) is 0 Å². The van der Waals surface area contributed by atoms with Crippen LogP contribution in [0, 0.1) is 11.6 Å². The minimum atomic E-state index is -4.86. The van der Waals surface area contributed by atoms with Gasteiger partial charge in [0.2, 0.25) is 0 Å². The maximum Gasteiger partial charge on any atom is 0.416 e. The van der Waals surface area contributed by atoms with Crippen molar-refractivity contribution in [3.63, 3.8) is 0 Å². The Labute approximate surface area is 226 Å². The van der Waals surface area contributed by atoms with Crippen LogP contribution in [0.25, 0.3) is 0 Å². The zero-order valence-electron chi connectivity index (χ0n) is 19.9. The second kappa shape index (κ2) is 11.6. The van der Waals surface area contributed by atoms with Crippen LogP contribution in [0.3, 0.4) is 0 Å². The summed E-state index contributed by atoms with van der Waals surface area (Å²) in [5.41, 5.74) is -1.50. The van der Waals surface area contributed by atoms with E-state index in [1.807, 2.05) is 0 Å². The quantitative estimate of drug-likeness (QED) is 0.208. The van der Waals surface area contributed by atoms with Crippen LogP contribution in [0.4, 0.5) is 33.5 Å². The number of halogens is 5. The molecule has 1 aromatic heterocycles. The van der Waals surface area contributed by atoms with Gasteiger partial charge in [-0.05, 0) is 36.8 Å². The number of carbonyl (C=O) groups excluding carboxylic acids is 1. The lowest BCUT2D eigenvalue weighted by molar-refractivity contribution is -0.137. The molecule has 2 unspecified atom stereocenters. The number of hydrogen-bond donors (Lipinski definition) is 1. The Bertz CT molecular complexity index is 1520. The average molecular weight is 582 g/mol. The van der Waals surface area contributed by atoms with Crippen molar-refractivity contribution in [3.8, 4) is 0 Å². The Balaban J connectivity index is 1.77. The summed E-state index contributed by atoms with van der Waals surface area (Å²) in [4.78, 5) is 13.2. The van der Waals surface area contributed by atoms with Crippen molar-refractivity contribution >= 4 is 40.4 Å². The fourth-order valence-corrected chi connectivity index (χ4v) is 5.00. The normalized spacial score (nSPS) is 13.1. The Morgan fingerprint density at radius 3 is 2.44 bits per heavy atom. The summed E-state index contributed by atoms with van der Waals surface area (Å²) in [5.74, 6) is -3.06. The zero-order chi connectivity index (χ0) is 28.3. The maximum absolute atomic E-state index is 14.2. The first-order chi connectivity index (χ1) is 18.5. The van der Waals surface area contributed by atoms with E-state index in [1.54, 1.807) is 30.3 Å². The van der Waals surface area contributed by atoms with Crippen LogP contribution in [0.2, 0.25) is 0 Å². The summed E-state index contributed by atoms with van der Waals surface area (Å²) in [6.45, 7) is 1.38. The van der Waals surface area contributed by atoms with Crippen molar-refractivity contribution in [1.82, 2.24) is 14.1 Å². The number of nitrogens with one attached hydrogen (secondary N) is 1. The highest BCUT2D eigenvalue weighted by Gasteiger charge is 2.34. The van der Waals surface area contributed by atoms with Crippen LogP contribution in [0.5, 0.6) is 0 Å². The molecule has 0 fully saturated rings. The molecule has 1 heterocycles. The van der Waals surface area contributed by atoms with Gasteiger partial charge in [-0.3, -0.25) is 13.3 Å². The summed E-state index contributed by atoms with van der Waals surface area (Å²) in [6, 6.07) is 12.4. The minimum absolute atomic E-state index is 0.0867. The van der Waals surface area contributed by atoms with Crippen molar-refractivity contribution in [2.75, 3.05) is 4.31 Å². The third-order valence-electron chi connectivity index (χ3n) is 5.66. The molecule has 2 atom stereocenters. The summed E-state index contributed by atoms with van der Waals surface area (Å²) in [7, 11) is 0. The lowest BCUT2D eigenvalue weighted by atomic mass is 10.0. The average Bonchev–Trinajstić information content (AvgIpc) is 3.31. The van der Waals surface area contributed by atoms with Gasteiger partial charge >= 0.3 is 6.18 Å². The highest BCUT2D eigenvalue weighted by molar-refractivity contribution is 7.81. The molecule has 0 radical (unpaired) electrons. The summed E-state index contributed by atoms with van der Waals surface area (Å²) < 4.78 is 102. The van der Waals surface area contributed by atoms with Crippen molar-refractivity contribution in [3.05, 3.63) is 106 Å². The van der Waals surface area contributed by atoms with E-state index in [0.29, 0.717) is 34.2 Å².